The van der Waals surface area contributed by atoms with Crippen LogP contribution in [0, 0.1) is 0 Å². The number of carbonyl (C=O) groups excluding carboxylic acids is 4. The number of benzene rings is 1. The maximum atomic E-state index is 14.2. The molecule has 1 atom stereocenters. The minimum Gasteiger partial charge on any atom is -0.457 e. The Bertz CT molecular complexity index is 1920. The molecule has 0 saturated heterocycles. The number of esters is 3. The number of carbonyl (C=O) groups is 4. The summed E-state index contributed by atoms with van der Waals surface area (Å²) in [6.45, 7) is 12.6. The lowest BCUT2D eigenvalue weighted by Crippen LogP contribution is -2.47. The van der Waals surface area contributed by atoms with E-state index in [1.54, 1.807) is 50.5 Å². The highest BCUT2D eigenvalue weighted by atomic mass is 35.5. The van der Waals surface area contributed by atoms with Crippen molar-refractivity contribution in [2.75, 3.05) is 12.4 Å². The SMILES string of the molecule is CC[C@@]1(OC(=O)CCNC(=O)OC(C)(C)C)C(=O)OCc2c1cc1n(c2=O)Cc2c-1nc1ccc(OC(C)=O)cc1c2[Si-](C)(C)CCCCl. The standard InChI is InChI=1S/C35H42ClN3O9Si/c1-8-35(47-28(41)12-14-37-33(44)48-34(3,4)5)25-17-27-29-23(18-39(27)31(42)24(25)19-45-32(35)43)30(49(6,7)15-9-13-36)22-16-21(46-20(2)40)10-11-26(22)38-29/h10-11,16-17H,8-9,12-15,18-19H2,1-7H3,(H,37,44)/q-1/t35-/m0/s1. The normalized spacial score (nSPS) is 16.7. The van der Waals surface area contributed by atoms with Crippen LogP contribution in [0.1, 0.15) is 70.6 Å². The first-order valence-corrected chi connectivity index (χ1v) is 20.1. The number of nitrogens with zero attached hydrogens (tertiary/aromatic N) is 2. The Kier molecular flexibility index (Phi) is 10.00. The average molecular weight is 712 g/mol. The van der Waals surface area contributed by atoms with Gasteiger partial charge in [0.2, 0.25) is 5.60 Å². The topological polar surface area (TPSA) is 152 Å². The van der Waals surface area contributed by atoms with Gasteiger partial charge < -0.3 is 28.8 Å². The van der Waals surface area contributed by atoms with E-state index in [9.17, 15) is 24.0 Å². The third-order valence-corrected chi connectivity index (χ3v) is 12.6. The molecule has 0 fully saturated rings. The van der Waals surface area contributed by atoms with E-state index in [0.717, 1.165) is 28.6 Å². The van der Waals surface area contributed by atoms with Gasteiger partial charge in [-0.25, -0.2) is 14.6 Å². The molecule has 0 saturated carbocycles. The Hall–Kier alpha value is -4.23. The van der Waals surface area contributed by atoms with Gasteiger partial charge in [0.15, 0.2) is 0 Å². The monoisotopic (exact) mass is 711 g/mol. The first-order valence-electron chi connectivity index (χ1n) is 16.4. The maximum absolute atomic E-state index is 14.2. The van der Waals surface area contributed by atoms with E-state index in [2.05, 4.69) is 18.4 Å². The molecule has 0 aliphatic carbocycles. The largest absolute Gasteiger partial charge is 0.457 e. The van der Waals surface area contributed by atoms with Gasteiger partial charge >= 0.3 is 24.0 Å². The van der Waals surface area contributed by atoms with Crippen LogP contribution in [0.25, 0.3) is 22.3 Å². The third-order valence-electron chi connectivity index (χ3n) is 8.79. The van der Waals surface area contributed by atoms with E-state index in [1.165, 1.54) is 6.92 Å². The second-order valence-electron chi connectivity index (χ2n) is 14.0. The lowest BCUT2D eigenvalue weighted by Gasteiger charge is -2.38. The zero-order valence-corrected chi connectivity index (χ0v) is 30.7. The Morgan fingerprint density at radius 3 is 2.53 bits per heavy atom. The highest BCUT2D eigenvalue weighted by Crippen LogP contribution is 2.41. The minimum absolute atomic E-state index is 0.00745. The predicted octanol–water partition coefficient (Wildman–Crippen LogP) is 5.01. The number of alkyl halides is 1. The highest BCUT2D eigenvalue weighted by Gasteiger charge is 2.50. The zero-order valence-electron chi connectivity index (χ0n) is 28.9. The van der Waals surface area contributed by atoms with Gasteiger partial charge in [-0.3, -0.25) is 14.4 Å². The molecule has 5 rings (SSSR count). The number of amides is 1. The van der Waals surface area contributed by atoms with Crippen LogP contribution in [0.3, 0.4) is 0 Å². The number of ether oxygens (including phenoxy) is 4. The molecule has 1 amide bonds. The minimum atomic E-state index is -2.24. The molecule has 263 valence electrons. The van der Waals surface area contributed by atoms with Crippen molar-refractivity contribution in [2.45, 2.75) is 97.4 Å². The molecule has 1 N–H and O–H groups in total. The molecule has 0 bridgehead atoms. The number of fused-ring (bicyclic) bond motifs is 5. The average Bonchev–Trinajstić information content (AvgIpc) is 3.37. The summed E-state index contributed by atoms with van der Waals surface area (Å²) in [4.78, 5) is 69.7. The molecular formula is C35H42ClN3O9Si-. The highest BCUT2D eigenvalue weighted by molar-refractivity contribution is 6.91. The van der Waals surface area contributed by atoms with Crippen LogP contribution in [0.15, 0.2) is 29.1 Å². The Balaban J connectivity index is 1.59. The first kappa shape index (κ1) is 36.1. The molecule has 12 nitrogen and oxygen atoms in total. The van der Waals surface area contributed by atoms with Crippen molar-refractivity contribution in [3.8, 4) is 17.1 Å². The molecular weight excluding hydrogens is 670 g/mol. The van der Waals surface area contributed by atoms with Crippen LogP contribution >= 0.6 is 11.6 Å². The summed E-state index contributed by atoms with van der Waals surface area (Å²) in [7, 11) is -2.24. The summed E-state index contributed by atoms with van der Waals surface area (Å²) < 4.78 is 23.6. The summed E-state index contributed by atoms with van der Waals surface area (Å²) >= 11 is 6.14. The number of halogens is 1. The molecule has 2 aromatic heterocycles. The van der Waals surface area contributed by atoms with Crippen molar-refractivity contribution < 1.29 is 38.1 Å². The van der Waals surface area contributed by atoms with Crippen LogP contribution < -0.4 is 20.8 Å². The van der Waals surface area contributed by atoms with Gasteiger partial charge in [-0.15, -0.1) is 19.7 Å². The molecule has 1 aromatic carbocycles. The molecule has 4 heterocycles. The second kappa shape index (κ2) is 13.6. The van der Waals surface area contributed by atoms with Crippen LogP contribution in [0.2, 0.25) is 19.1 Å². The smallest absolute Gasteiger partial charge is 0.407 e. The van der Waals surface area contributed by atoms with Gasteiger partial charge in [0.25, 0.3) is 5.56 Å². The number of hydrogen-bond donors (Lipinski definition) is 1. The number of hydrogen-bond acceptors (Lipinski definition) is 10. The summed E-state index contributed by atoms with van der Waals surface area (Å²) in [5, 5.41) is 4.45. The number of cyclic esters (lactones) is 1. The van der Waals surface area contributed by atoms with E-state index < -0.39 is 43.3 Å². The van der Waals surface area contributed by atoms with Crippen LogP contribution in [0.4, 0.5) is 4.79 Å². The van der Waals surface area contributed by atoms with Crippen LogP contribution in [0.5, 0.6) is 5.75 Å². The Labute approximate surface area is 290 Å². The summed E-state index contributed by atoms with van der Waals surface area (Å²) in [6.07, 6.45) is -0.120. The number of pyridine rings is 2. The van der Waals surface area contributed by atoms with Crippen molar-refractivity contribution in [2.24, 2.45) is 0 Å². The van der Waals surface area contributed by atoms with E-state index >= 15 is 0 Å². The molecule has 0 radical (unpaired) electrons. The second-order valence-corrected chi connectivity index (χ2v) is 19.1. The molecule has 2 aliphatic rings. The van der Waals surface area contributed by atoms with Crippen molar-refractivity contribution in [3.63, 3.8) is 0 Å². The summed E-state index contributed by atoms with van der Waals surface area (Å²) in [6, 6.07) is 7.91. The molecule has 49 heavy (non-hydrogen) atoms. The number of aromatic nitrogens is 2. The Morgan fingerprint density at radius 1 is 1.14 bits per heavy atom. The number of alkyl carbamates (subject to hydrolysis) is 1. The summed E-state index contributed by atoms with van der Waals surface area (Å²) in [5.41, 5.74) is 0.189. The van der Waals surface area contributed by atoms with Gasteiger partial charge in [-0.05, 0) is 62.4 Å². The van der Waals surface area contributed by atoms with Gasteiger partial charge in [0, 0.05) is 24.9 Å². The molecule has 3 aromatic rings. The molecule has 0 spiro atoms. The lowest BCUT2D eigenvalue weighted by molar-refractivity contribution is -0.189. The lowest BCUT2D eigenvalue weighted by atomic mass is 9.85. The van der Waals surface area contributed by atoms with Gasteiger partial charge in [-0.1, -0.05) is 13.3 Å². The zero-order chi connectivity index (χ0) is 35.9. The van der Waals surface area contributed by atoms with Gasteiger partial charge in [0.05, 0.1) is 35.4 Å². The fraction of sp³-hybridized carbons (Fsp3) is 0.486. The van der Waals surface area contributed by atoms with E-state index in [-0.39, 0.29) is 49.2 Å². The van der Waals surface area contributed by atoms with E-state index in [0.29, 0.717) is 28.5 Å². The fourth-order valence-electron chi connectivity index (χ4n) is 6.68. The molecule has 2 aliphatic heterocycles. The van der Waals surface area contributed by atoms with Crippen molar-refractivity contribution in [1.82, 2.24) is 14.9 Å². The Morgan fingerprint density at radius 2 is 1.88 bits per heavy atom. The predicted molar refractivity (Wildman–Crippen MR) is 186 cm³/mol. The van der Waals surface area contributed by atoms with E-state index in [4.69, 9.17) is 35.5 Å². The van der Waals surface area contributed by atoms with Crippen LogP contribution in [-0.4, -0.2) is 59.7 Å². The fourth-order valence-corrected chi connectivity index (χ4v) is 10.3. The number of rotatable bonds is 10. The van der Waals surface area contributed by atoms with E-state index in [1.807, 2.05) is 6.07 Å². The molecule has 14 heteroatoms. The maximum Gasteiger partial charge on any atom is 0.407 e. The quantitative estimate of drug-likeness (QED) is 0.0781. The molecule has 0 unspecified atom stereocenters. The summed E-state index contributed by atoms with van der Waals surface area (Å²) in [5.74, 6) is -1.06. The van der Waals surface area contributed by atoms with Crippen molar-refractivity contribution >= 4 is 59.8 Å². The number of nitrogens with one attached hydrogen (secondary N) is 1. The van der Waals surface area contributed by atoms with Crippen molar-refractivity contribution in [3.05, 3.63) is 51.3 Å². The third kappa shape index (κ3) is 7.09. The first-order chi connectivity index (χ1) is 23.0. The van der Waals surface area contributed by atoms with Crippen molar-refractivity contribution in [1.29, 1.82) is 0 Å². The van der Waals surface area contributed by atoms with Gasteiger partial charge in [0.1, 0.15) is 18.0 Å². The van der Waals surface area contributed by atoms with Crippen LogP contribution in [-0.2, 0) is 47.3 Å². The van der Waals surface area contributed by atoms with Gasteiger partial charge in [-0.2, -0.15) is 24.3 Å².